The van der Waals surface area contributed by atoms with Gasteiger partial charge in [-0.1, -0.05) is 121 Å². The smallest absolute Gasteiger partial charge is 0.175 e. The number of hydrogen-bond donors (Lipinski definition) is 0. The molecule has 0 N–H and O–H groups in total. The molecular formula is C32H22O3. The molecule has 0 saturated heterocycles. The first-order valence-electron chi connectivity index (χ1n) is 11.7. The normalized spacial score (nSPS) is 16.7. The third kappa shape index (κ3) is 3.53. The lowest BCUT2D eigenvalue weighted by Gasteiger charge is -2.20. The Morgan fingerprint density at radius 2 is 1.09 bits per heavy atom. The van der Waals surface area contributed by atoms with Crippen LogP contribution in [0.2, 0.25) is 0 Å². The number of benzene rings is 4. The van der Waals surface area contributed by atoms with E-state index in [4.69, 9.17) is 4.42 Å². The van der Waals surface area contributed by atoms with Crippen LogP contribution in [0.4, 0.5) is 0 Å². The molecule has 1 aromatic heterocycles. The molecule has 0 bridgehead atoms. The van der Waals surface area contributed by atoms with Gasteiger partial charge in [0, 0.05) is 22.3 Å². The summed E-state index contributed by atoms with van der Waals surface area (Å²) in [6, 6.07) is 38.2. The van der Waals surface area contributed by atoms with Crippen molar-refractivity contribution < 1.29 is 14.0 Å². The van der Waals surface area contributed by atoms with Crippen molar-refractivity contribution in [3.63, 3.8) is 0 Å². The average Bonchev–Trinajstić information content (AvgIpc) is 3.46. The second-order valence-electron chi connectivity index (χ2n) is 8.74. The predicted molar refractivity (Wildman–Crippen MR) is 137 cm³/mol. The van der Waals surface area contributed by atoms with Gasteiger partial charge < -0.3 is 4.42 Å². The SMILES string of the molecule is O=C1c2c(-c3ccccc3)oc(-c3ccccc3)c2[C@H](C(=O)c2ccccc2)[C@H]1c1ccccc1. The van der Waals surface area contributed by atoms with E-state index in [2.05, 4.69) is 0 Å². The minimum absolute atomic E-state index is 0.0785. The lowest BCUT2D eigenvalue weighted by Crippen LogP contribution is -2.20. The third-order valence-corrected chi connectivity index (χ3v) is 6.69. The molecular weight excluding hydrogens is 432 g/mol. The lowest BCUT2D eigenvalue weighted by atomic mass is 9.80. The van der Waals surface area contributed by atoms with E-state index < -0.39 is 11.8 Å². The van der Waals surface area contributed by atoms with Gasteiger partial charge in [0.15, 0.2) is 11.6 Å². The summed E-state index contributed by atoms with van der Waals surface area (Å²) in [5.41, 5.74) is 4.28. The van der Waals surface area contributed by atoms with Crippen molar-refractivity contribution in [2.45, 2.75) is 11.8 Å². The predicted octanol–water partition coefficient (Wildman–Crippen LogP) is 7.56. The molecule has 0 saturated carbocycles. The van der Waals surface area contributed by atoms with Crippen LogP contribution in [-0.2, 0) is 0 Å². The maximum Gasteiger partial charge on any atom is 0.175 e. The van der Waals surface area contributed by atoms with Crippen molar-refractivity contribution in [3.8, 4) is 22.6 Å². The molecule has 0 radical (unpaired) electrons. The highest BCUT2D eigenvalue weighted by Crippen LogP contribution is 2.53. The zero-order valence-corrected chi connectivity index (χ0v) is 18.9. The molecule has 0 spiro atoms. The molecule has 168 valence electrons. The number of hydrogen-bond acceptors (Lipinski definition) is 3. The number of furan rings is 1. The quantitative estimate of drug-likeness (QED) is 0.257. The third-order valence-electron chi connectivity index (χ3n) is 6.69. The number of carbonyl (C=O) groups is 2. The van der Waals surface area contributed by atoms with Crippen molar-refractivity contribution in [2.24, 2.45) is 0 Å². The summed E-state index contributed by atoms with van der Waals surface area (Å²) in [5.74, 6) is -0.349. The van der Waals surface area contributed by atoms with Gasteiger partial charge in [-0.05, 0) is 5.56 Å². The summed E-state index contributed by atoms with van der Waals surface area (Å²) in [7, 11) is 0. The molecule has 4 aromatic carbocycles. The number of rotatable bonds is 5. The molecule has 0 unspecified atom stereocenters. The molecule has 0 fully saturated rings. The first-order valence-corrected chi connectivity index (χ1v) is 11.7. The van der Waals surface area contributed by atoms with E-state index in [9.17, 15) is 9.59 Å². The van der Waals surface area contributed by atoms with Crippen LogP contribution in [0.15, 0.2) is 126 Å². The Bertz CT molecular complexity index is 1500. The Kier molecular flexibility index (Phi) is 5.23. The molecule has 0 aliphatic heterocycles. The first-order chi connectivity index (χ1) is 17.2. The fourth-order valence-corrected chi connectivity index (χ4v) is 5.12. The van der Waals surface area contributed by atoms with E-state index in [1.165, 1.54) is 0 Å². The zero-order chi connectivity index (χ0) is 23.8. The molecule has 3 nitrogen and oxygen atoms in total. The Morgan fingerprint density at radius 1 is 0.600 bits per heavy atom. The monoisotopic (exact) mass is 454 g/mol. The van der Waals surface area contributed by atoms with Crippen molar-refractivity contribution in [2.75, 3.05) is 0 Å². The van der Waals surface area contributed by atoms with Crippen molar-refractivity contribution in [3.05, 3.63) is 144 Å². The summed E-state index contributed by atoms with van der Waals surface area (Å²) in [4.78, 5) is 28.2. The second-order valence-corrected chi connectivity index (χ2v) is 8.74. The van der Waals surface area contributed by atoms with Crippen molar-refractivity contribution in [1.29, 1.82) is 0 Å². The Balaban J connectivity index is 1.65. The molecule has 5 aromatic rings. The van der Waals surface area contributed by atoms with Gasteiger partial charge in [0.1, 0.15) is 11.5 Å². The van der Waals surface area contributed by atoms with Gasteiger partial charge in [-0.2, -0.15) is 0 Å². The Hall–Kier alpha value is -4.50. The van der Waals surface area contributed by atoms with E-state index in [-0.39, 0.29) is 11.6 Å². The zero-order valence-electron chi connectivity index (χ0n) is 18.9. The summed E-state index contributed by atoms with van der Waals surface area (Å²) in [6.07, 6.45) is 0. The molecule has 0 amide bonds. The molecule has 3 heteroatoms. The Labute approximate surface area is 203 Å². The van der Waals surface area contributed by atoms with Crippen LogP contribution in [0, 0.1) is 0 Å². The van der Waals surface area contributed by atoms with E-state index in [0.717, 1.165) is 16.7 Å². The molecule has 2 atom stereocenters. The van der Waals surface area contributed by atoms with E-state index in [1.54, 1.807) is 0 Å². The average molecular weight is 455 g/mol. The number of carbonyl (C=O) groups excluding carboxylic acids is 2. The number of fused-ring (bicyclic) bond motifs is 1. The van der Waals surface area contributed by atoms with Crippen molar-refractivity contribution >= 4 is 11.6 Å². The van der Waals surface area contributed by atoms with Crippen LogP contribution in [0.3, 0.4) is 0 Å². The summed E-state index contributed by atoms with van der Waals surface area (Å²) in [6.45, 7) is 0. The minimum atomic E-state index is -0.682. The van der Waals surface area contributed by atoms with Gasteiger partial charge in [0.25, 0.3) is 0 Å². The van der Waals surface area contributed by atoms with Gasteiger partial charge in [0.2, 0.25) is 0 Å². The van der Waals surface area contributed by atoms with Gasteiger partial charge in [-0.25, -0.2) is 0 Å². The largest absolute Gasteiger partial charge is 0.455 e. The fourth-order valence-electron chi connectivity index (χ4n) is 5.12. The highest BCUT2D eigenvalue weighted by Gasteiger charge is 2.50. The van der Waals surface area contributed by atoms with Gasteiger partial charge in [-0.15, -0.1) is 0 Å². The van der Waals surface area contributed by atoms with E-state index in [1.807, 2.05) is 121 Å². The molecule has 1 heterocycles. The fraction of sp³-hybridized carbons (Fsp3) is 0.0625. The number of ketones is 2. The van der Waals surface area contributed by atoms with Crippen LogP contribution in [0.1, 0.15) is 43.7 Å². The highest BCUT2D eigenvalue weighted by molar-refractivity contribution is 6.18. The van der Waals surface area contributed by atoms with Crippen molar-refractivity contribution in [1.82, 2.24) is 0 Å². The van der Waals surface area contributed by atoms with Gasteiger partial charge in [0.05, 0.1) is 17.4 Å². The van der Waals surface area contributed by atoms with Crippen LogP contribution >= 0.6 is 0 Å². The van der Waals surface area contributed by atoms with Crippen LogP contribution in [0.25, 0.3) is 22.6 Å². The van der Waals surface area contributed by atoms with Crippen LogP contribution in [-0.4, -0.2) is 11.6 Å². The highest BCUT2D eigenvalue weighted by atomic mass is 16.3. The van der Waals surface area contributed by atoms with E-state index >= 15 is 0 Å². The Morgan fingerprint density at radius 3 is 1.66 bits per heavy atom. The van der Waals surface area contributed by atoms with Crippen LogP contribution < -0.4 is 0 Å². The van der Waals surface area contributed by atoms with Crippen LogP contribution in [0.5, 0.6) is 0 Å². The van der Waals surface area contributed by atoms with E-state index in [0.29, 0.717) is 28.2 Å². The number of Topliss-reactive ketones (excluding diaryl/α,β-unsaturated/α-hetero) is 2. The standard InChI is InChI=1S/C32H22O3/c33-29(22-15-7-2-8-16-22)26-25(21-13-5-1-6-14-21)30(34)28-27(26)31(23-17-9-3-10-18-23)35-32(28)24-19-11-4-12-20-24/h1-20,25-26H/t25-,26-/m1/s1. The molecule has 1 aliphatic carbocycles. The molecule has 6 rings (SSSR count). The minimum Gasteiger partial charge on any atom is -0.455 e. The maximum absolute atomic E-state index is 14.2. The summed E-state index contributed by atoms with van der Waals surface area (Å²) >= 11 is 0. The molecule has 1 aliphatic rings. The van der Waals surface area contributed by atoms with Gasteiger partial charge in [-0.3, -0.25) is 9.59 Å². The topological polar surface area (TPSA) is 47.3 Å². The first kappa shape index (κ1) is 21.1. The lowest BCUT2D eigenvalue weighted by molar-refractivity contribution is 0.0889. The van der Waals surface area contributed by atoms with Gasteiger partial charge >= 0.3 is 0 Å². The maximum atomic E-state index is 14.2. The second kappa shape index (κ2) is 8.69. The summed E-state index contributed by atoms with van der Waals surface area (Å²) < 4.78 is 6.46. The summed E-state index contributed by atoms with van der Waals surface area (Å²) in [5, 5.41) is 0. The molecule has 35 heavy (non-hydrogen) atoms.